The Labute approximate surface area is 127 Å². The number of thiophene rings is 1. The number of nitrogens with zero attached hydrogens (tertiary/aromatic N) is 1. The van der Waals surface area contributed by atoms with Crippen LogP contribution in [-0.2, 0) is 6.54 Å². The second-order valence-electron chi connectivity index (χ2n) is 5.04. The Hall–Kier alpha value is -1.45. The Bertz CT molecular complexity index is 729. The van der Waals surface area contributed by atoms with Crippen molar-refractivity contribution in [1.29, 1.82) is 0 Å². The van der Waals surface area contributed by atoms with Crippen molar-refractivity contribution >= 4 is 33.8 Å². The Kier molecular flexibility index (Phi) is 3.72. The molecule has 4 heteroatoms. The molecule has 3 aromatic rings. The molecule has 0 spiro atoms. The van der Waals surface area contributed by atoms with E-state index >= 15 is 0 Å². The first-order valence-electron chi connectivity index (χ1n) is 6.61. The van der Waals surface area contributed by atoms with Crippen LogP contribution in [0.4, 0.5) is 0 Å². The number of halogens is 1. The fourth-order valence-corrected chi connectivity index (χ4v) is 3.35. The lowest BCUT2D eigenvalue weighted by atomic mass is 10.2. The van der Waals surface area contributed by atoms with Gasteiger partial charge in [-0.25, -0.2) is 0 Å². The average molecular weight is 306 g/mol. The summed E-state index contributed by atoms with van der Waals surface area (Å²) in [6, 6.07) is 12.4. The van der Waals surface area contributed by atoms with E-state index < -0.39 is 0 Å². The average Bonchev–Trinajstić information content (AvgIpc) is 2.96. The predicted molar refractivity (Wildman–Crippen MR) is 86.1 cm³/mol. The van der Waals surface area contributed by atoms with Crippen LogP contribution in [0.5, 0.6) is 5.75 Å². The quantitative estimate of drug-likeness (QED) is 0.647. The van der Waals surface area contributed by atoms with Gasteiger partial charge in [0.05, 0.1) is 17.0 Å². The summed E-state index contributed by atoms with van der Waals surface area (Å²) in [6.07, 6.45) is 2.31. The van der Waals surface area contributed by atoms with Crippen LogP contribution in [-0.4, -0.2) is 10.7 Å². The second kappa shape index (κ2) is 5.51. The molecule has 0 saturated heterocycles. The number of ether oxygens (including phenoxy) is 1. The minimum Gasteiger partial charge on any atom is -0.491 e. The van der Waals surface area contributed by atoms with Crippen LogP contribution in [0, 0.1) is 0 Å². The second-order valence-corrected chi connectivity index (χ2v) is 6.84. The molecule has 0 aliphatic rings. The third-order valence-electron chi connectivity index (χ3n) is 3.07. The Balaban J connectivity index is 1.89. The van der Waals surface area contributed by atoms with E-state index in [4.69, 9.17) is 16.3 Å². The minimum atomic E-state index is 0.197. The first-order chi connectivity index (χ1) is 9.61. The van der Waals surface area contributed by atoms with Crippen LogP contribution in [0.3, 0.4) is 0 Å². The highest BCUT2D eigenvalue weighted by atomic mass is 35.5. The van der Waals surface area contributed by atoms with Crippen LogP contribution in [0.25, 0.3) is 10.9 Å². The fourth-order valence-electron chi connectivity index (χ4n) is 2.27. The molecule has 2 aromatic heterocycles. The maximum Gasteiger partial charge on any atom is 0.120 e. The minimum absolute atomic E-state index is 0.197. The maximum atomic E-state index is 5.98. The monoisotopic (exact) mass is 305 g/mol. The number of hydrogen-bond donors (Lipinski definition) is 0. The van der Waals surface area contributed by atoms with Gasteiger partial charge in [-0.3, -0.25) is 0 Å². The lowest BCUT2D eigenvalue weighted by Crippen LogP contribution is -2.05. The van der Waals surface area contributed by atoms with Gasteiger partial charge in [0, 0.05) is 22.0 Å². The van der Waals surface area contributed by atoms with Crippen molar-refractivity contribution in [3.8, 4) is 5.75 Å². The highest BCUT2D eigenvalue weighted by molar-refractivity contribution is 7.16. The molecule has 0 N–H and O–H groups in total. The molecule has 0 radical (unpaired) electrons. The van der Waals surface area contributed by atoms with E-state index in [2.05, 4.69) is 35.0 Å². The number of fused-ring (bicyclic) bond motifs is 1. The molecule has 0 amide bonds. The van der Waals surface area contributed by atoms with Gasteiger partial charge in [-0.1, -0.05) is 11.6 Å². The van der Waals surface area contributed by atoms with E-state index in [1.807, 2.05) is 26.0 Å². The predicted octanol–water partition coefficient (Wildman–Crippen LogP) is 5.19. The molecule has 0 atom stereocenters. The molecule has 3 rings (SSSR count). The molecule has 0 saturated carbocycles. The fraction of sp³-hybridized carbons (Fsp3) is 0.250. The molecule has 0 fully saturated rings. The first kappa shape index (κ1) is 13.5. The summed E-state index contributed by atoms with van der Waals surface area (Å²) in [7, 11) is 0. The highest BCUT2D eigenvalue weighted by Gasteiger charge is 2.06. The summed E-state index contributed by atoms with van der Waals surface area (Å²) in [5.74, 6) is 0.921. The number of benzene rings is 1. The van der Waals surface area contributed by atoms with Crippen LogP contribution in [0.2, 0.25) is 4.34 Å². The van der Waals surface area contributed by atoms with Crippen LogP contribution in [0.15, 0.2) is 42.6 Å². The standard InChI is InChI=1S/C16H16ClNOS/c1-11(2)19-13-3-5-15-12(9-13)7-8-18(15)10-14-4-6-16(17)20-14/h3-9,11H,10H2,1-2H3. The Morgan fingerprint density at radius 2 is 2.05 bits per heavy atom. The van der Waals surface area contributed by atoms with E-state index in [0.717, 1.165) is 16.6 Å². The zero-order valence-electron chi connectivity index (χ0n) is 11.5. The Morgan fingerprint density at radius 1 is 1.20 bits per heavy atom. The van der Waals surface area contributed by atoms with Gasteiger partial charge < -0.3 is 9.30 Å². The van der Waals surface area contributed by atoms with Gasteiger partial charge >= 0.3 is 0 Å². The molecule has 104 valence electrons. The smallest absolute Gasteiger partial charge is 0.120 e. The van der Waals surface area contributed by atoms with Gasteiger partial charge in [-0.15, -0.1) is 11.3 Å². The van der Waals surface area contributed by atoms with Gasteiger partial charge in [-0.05, 0) is 50.2 Å². The zero-order chi connectivity index (χ0) is 14.1. The zero-order valence-corrected chi connectivity index (χ0v) is 13.0. The number of aromatic nitrogens is 1. The summed E-state index contributed by atoms with van der Waals surface area (Å²) >= 11 is 7.61. The van der Waals surface area contributed by atoms with E-state index in [9.17, 15) is 0 Å². The van der Waals surface area contributed by atoms with Gasteiger partial charge in [0.25, 0.3) is 0 Å². The summed E-state index contributed by atoms with van der Waals surface area (Å²) in [5.41, 5.74) is 1.21. The van der Waals surface area contributed by atoms with Crippen molar-refractivity contribution in [2.75, 3.05) is 0 Å². The van der Waals surface area contributed by atoms with E-state index in [1.54, 1.807) is 11.3 Å². The highest BCUT2D eigenvalue weighted by Crippen LogP contribution is 2.26. The molecule has 20 heavy (non-hydrogen) atoms. The lowest BCUT2D eigenvalue weighted by Gasteiger charge is -2.10. The molecule has 0 aliphatic carbocycles. The van der Waals surface area contributed by atoms with Gasteiger partial charge in [-0.2, -0.15) is 0 Å². The van der Waals surface area contributed by atoms with Gasteiger partial charge in [0.15, 0.2) is 0 Å². The van der Waals surface area contributed by atoms with Crippen molar-refractivity contribution in [3.05, 3.63) is 51.8 Å². The van der Waals surface area contributed by atoms with Crippen LogP contribution >= 0.6 is 22.9 Å². The van der Waals surface area contributed by atoms with E-state index in [-0.39, 0.29) is 6.10 Å². The van der Waals surface area contributed by atoms with Crippen molar-refractivity contribution in [3.63, 3.8) is 0 Å². The summed E-state index contributed by atoms with van der Waals surface area (Å²) in [4.78, 5) is 1.26. The van der Waals surface area contributed by atoms with Crippen molar-refractivity contribution in [2.45, 2.75) is 26.5 Å². The number of rotatable bonds is 4. The van der Waals surface area contributed by atoms with E-state index in [0.29, 0.717) is 0 Å². The van der Waals surface area contributed by atoms with Gasteiger partial charge in [0.2, 0.25) is 0 Å². The topological polar surface area (TPSA) is 14.2 Å². The molecule has 2 nitrogen and oxygen atoms in total. The molecule has 0 aliphatic heterocycles. The largest absolute Gasteiger partial charge is 0.491 e. The molecular formula is C16H16ClNOS. The van der Waals surface area contributed by atoms with Crippen molar-refractivity contribution in [2.24, 2.45) is 0 Å². The Morgan fingerprint density at radius 3 is 2.75 bits per heavy atom. The molecule has 2 heterocycles. The normalized spacial score (nSPS) is 11.4. The van der Waals surface area contributed by atoms with E-state index in [1.165, 1.54) is 15.8 Å². The molecular weight excluding hydrogens is 290 g/mol. The lowest BCUT2D eigenvalue weighted by molar-refractivity contribution is 0.243. The molecule has 0 bridgehead atoms. The first-order valence-corrected chi connectivity index (χ1v) is 7.81. The van der Waals surface area contributed by atoms with Crippen molar-refractivity contribution < 1.29 is 4.74 Å². The maximum absolute atomic E-state index is 5.98. The molecule has 0 unspecified atom stereocenters. The molecule has 1 aromatic carbocycles. The summed E-state index contributed by atoms with van der Waals surface area (Å²) < 4.78 is 8.80. The summed E-state index contributed by atoms with van der Waals surface area (Å²) in [6.45, 7) is 4.93. The van der Waals surface area contributed by atoms with Crippen LogP contribution in [0.1, 0.15) is 18.7 Å². The van der Waals surface area contributed by atoms with Crippen LogP contribution < -0.4 is 4.74 Å². The summed E-state index contributed by atoms with van der Waals surface area (Å²) in [5, 5.41) is 1.20. The van der Waals surface area contributed by atoms with Gasteiger partial charge in [0.1, 0.15) is 5.75 Å². The SMILES string of the molecule is CC(C)Oc1ccc2c(ccn2Cc2ccc(Cl)s2)c1. The third-order valence-corrected chi connectivity index (χ3v) is 4.29. The number of hydrogen-bond acceptors (Lipinski definition) is 2. The third kappa shape index (κ3) is 2.84. The van der Waals surface area contributed by atoms with Crippen molar-refractivity contribution in [1.82, 2.24) is 4.57 Å².